The van der Waals surface area contributed by atoms with Crippen molar-refractivity contribution in [1.82, 2.24) is 5.32 Å². The second-order valence-electron chi connectivity index (χ2n) is 18.9. The van der Waals surface area contributed by atoms with Crippen LogP contribution in [0.1, 0.15) is 303 Å². The molecule has 6 heteroatoms. The normalized spacial score (nSPS) is 12.7. The van der Waals surface area contributed by atoms with Crippen LogP contribution in [0.4, 0.5) is 0 Å². The van der Waals surface area contributed by atoms with Gasteiger partial charge in [-0.2, -0.15) is 0 Å². The number of esters is 1. The molecule has 1 amide bonds. The maximum atomic E-state index is 12.5. The molecule has 2 atom stereocenters. The zero-order chi connectivity index (χ0) is 44.4. The Bertz CT molecular complexity index is 909. The van der Waals surface area contributed by atoms with Gasteiger partial charge in [-0.15, -0.1) is 0 Å². The summed E-state index contributed by atoms with van der Waals surface area (Å²) < 4.78 is 5.44. The van der Waals surface area contributed by atoms with Crippen molar-refractivity contribution in [1.29, 1.82) is 0 Å². The first-order valence-corrected chi connectivity index (χ1v) is 27.4. The predicted molar refractivity (Wildman–Crippen MR) is 264 cm³/mol. The quantitative estimate of drug-likeness (QED) is 0.0322. The molecule has 362 valence electrons. The number of ether oxygens (including phenoxy) is 1. The number of aliphatic hydroxyl groups excluding tert-OH is 2. The number of aliphatic hydroxyl groups is 2. The molecule has 0 aliphatic heterocycles. The highest BCUT2D eigenvalue weighted by molar-refractivity contribution is 5.76. The smallest absolute Gasteiger partial charge is 0.305 e. The molecule has 0 aromatic heterocycles. The van der Waals surface area contributed by atoms with Gasteiger partial charge in [-0.3, -0.25) is 9.59 Å². The van der Waals surface area contributed by atoms with E-state index >= 15 is 0 Å². The number of unbranched alkanes of at least 4 members (excludes halogenated alkanes) is 38. The molecule has 0 aromatic carbocycles. The number of hydrogen-bond donors (Lipinski definition) is 3. The van der Waals surface area contributed by atoms with E-state index in [4.69, 9.17) is 4.74 Å². The maximum Gasteiger partial charge on any atom is 0.305 e. The molecule has 2 unspecified atom stereocenters. The molecule has 0 radical (unpaired) electrons. The Hall–Kier alpha value is -1.40. The van der Waals surface area contributed by atoms with Crippen molar-refractivity contribution in [2.75, 3.05) is 13.2 Å². The van der Waals surface area contributed by atoms with E-state index in [0.717, 1.165) is 51.4 Å². The Labute approximate surface area is 380 Å². The highest BCUT2D eigenvalue weighted by atomic mass is 16.5. The molecular formula is C55H107NO5. The first-order chi connectivity index (χ1) is 30.0. The van der Waals surface area contributed by atoms with Crippen LogP contribution in [0.2, 0.25) is 0 Å². The number of allylic oxidation sites excluding steroid dienone is 2. The minimum absolute atomic E-state index is 0.0158. The average Bonchev–Trinajstić information content (AvgIpc) is 3.26. The average molecular weight is 862 g/mol. The van der Waals surface area contributed by atoms with Gasteiger partial charge in [0.15, 0.2) is 0 Å². The summed E-state index contributed by atoms with van der Waals surface area (Å²) in [6, 6.07) is -0.551. The van der Waals surface area contributed by atoms with Gasteiger partial charge in [-0.25, -0.2) is 0 Å². The SMILES string of the molecule is CCCC/C=C\CCCCCCCC(=O)OCCCCCCCCCCCCCCCC(=O)NC(CO)C(O)CCCCCCCCCCCCCCCCCCCCCC. The summed E-state index contributed by atoms with van der Waals surface area (Å²) in [4.78, 5) is 24.5. The third-order valence-electron chi connectivity index (χ3n) is 12.8. The van der Waals surface area contributed by atoms with E-state index in [-0.39, 0.29) is 18.5 Å². The van der Waals surface area contributed by atoms with E-state index in [1.165, 1.54) is 218 Å². The molecule has 0 fully saturated rings. The third-order valence-corrected chi connectivity index (χ3v) is 12.8. The molecule has 6 nitrogen and oxygen atoms in total. The van der Waals surface area contributed by atoms with Gasteiger partial charge in [0.1, 0.15) is 0 Å². The minimum atomic E-state index is -0.673. The van der Waals surface area contributed by atoms with Crippen molar-refractivity contribution >= 4 is 11.9 Å². The lowest BCUT2D eigenvalue weighted by molar-refractivity contribution is -0.143. The van der Waals surface area contributed by atoms with Crippen molar-refractivity contribution < 1.29 is 24.5 Å². The number of carbonyl (C=O) groups excluding carboxylic acids is 2. The maximum absolute atomic E-state index is 12.5. The number of amides is 1. The van der Waals surface area contributed by atoms with E-state index in [0.29, 0.717) is 25.9 Å². The van der Waals surface area contributed by atoms with Crippen molar-refractivity contribution in [3.8, 4) is 0 Å². The van der Waals surface area contributed by atoms with Crippen LogP contribution >= 0.6 is 0 Å². The van der Waals surface area contributed by atoms with Gasteiger partial charge in [-0.05, 0) is 44.9 Å². The van der Waals surface area contributed by atoms with Gasteiger partial charge in [0.05, 0.1) is 25.4 Å². The topological polar surface area (TPSA) is 95.9 Å². The molecule has 0 saturated carbocycles. The van der Waals surface area contributed by atoms with Crippen LogP contribution in [-0.4, -0.2) is 47.4 Å². The summed E-state index contributed by atoms with van der Waals surface area (Å²) in [6.45, 7) is 4.90. The van der Waals surface area contributed by atoms with Gasteiger partial charge in [0.25, 0.3) is 0 Å². The van der Waals surface area contributed by atoms with Crippen molar-refractivity contribution in [2.45, 2.75) is 315 Å². The fraction of sp³-hybridized carbons (Fsp3) is 0.927. The summed E-state index contributed by atoms with van der Waals surface area (Å²) in [5, 5.41) is 23.3. The lowest BCUT2D eigenvalue weighted by atomic mass is 10.0. The zero-order valence-corrected chi connectivity index (χ0v) is 41.2. The molecule has 61 heavy (non-hydrogen) atoms. The summed E-state index contributed by atoms with van der Waals surface area (Å²) in [6.07, 6.45) is 59.0. The molecule has 0 aliphatic carbocycles. The van der Waals surface area contributed by atoms with Crippen LogP contribution in [0, 0.1) is 0 Å². The Kier molecular flexibility index (Phi) is 50.1. The van der Waals surface area contributed by atoms with Gasteiger partial charge in [0.2, 0.25) is 5.91 Å². The second kappa shape index (κ2) is 51.2. The van der Waals surface area contributed by atoms with Crippen LogP contribution < -0.4 is 5.32 Å². The lowest BCUT2D eigenvalue weighted by Crippen LogP contribution is -2.45. The molecule has 0 spiro atoms. The lowest BCUT2D eigenvalue weighted by Gasteiger charge is -2.22. The van der Waals surface area contributed by atoms with E-state index in [9.17, 15) is 19.8 Å². The van der Waals surface area contributed by atoms with Crippen molar-refractivity contribution in [3.63, 3.8) is 0 Å². The first kappa shape index (κ1) is 59.6. The molecule has 0 bridgehead atoms. The molecule has 3 N–H and O–H groups in total. The van der Waals surface area contributed by atoms with Crippen LogP contribution in [-0.2, 0) is 14.3 Å². The van der Waals surface area contributed by atoms with Crippen LogP contribution in [0.5, 0.6) is 0 Å². The van der Waals surface area contributed by atoms with Crippen molar-refractivity contribution in [3.05, 3.63) is 12.2 Å². The van der Waals surface area contributed by atoms with Crippen LogP contribution in [0.15, 0.2) is 12.2 Å². The van der Waals surface area contributed by atoms with Gasteiger partial charge in [-0.1, -0.05) is 257 Å². The van der Waals surface area contributed by atoms with Gasteiger partial charge >= 0.3 is 5.97 Å². The fourth-order valence-corrected chi connectivity index (χ4v) is 8.56. The number of rotatable bonds is 51. The van der Waals surface area contributed by atoms with E-state index < -0.39 is 12.1 Å². The Morgan fingerprint density at radius 3 is 1.21 bits per heavy atom. The Balaban J connectivity index is 3.45. The number of nitrogens with one attached hydrogen (secondary N) is 1. The minimum Gasteiger partial charge on any atom is -0.466 e. The number of carbonyl (C=O) groups is 2. The fourth-order valence-electron chi connectivity index (χ4n) is 8.56. The van der Waals surface area contributed by atoms with Crippen LogP contribution in [0.3, 0.4) is 0 Å². The highest BCUT2D eigenvalue weighted by Gasteiger charge is 2.20. The Morgan fingerprint density at radius 1 is 0.443 bits per heavy atom. The third kappa shape index (κ3) is 47.9. The molecule has 0 heterocycles. The molecule has 0 aromatic rings. The molecule has 0 rings (SSSR count). The highest BCUT2D eigenvalue weighted by Crippen LogP contribution is 2.17. The number of hydrogen-bond acceptors (Lipinski definition) is 5. The largest absolute Gasteiger partial charge is 0.466 e. The summed E-state index contributed by atoms with van der Waals surface area (Å²) in [7, 11) is 0. The van der Waals surface area contributed by atoms with Crippen LogP contribution in [0.25, 0.3) is 0 Å². The van der Waals surface area contributed by atoms with E-state index in [2.05, 4.69) is 31.3 Å². The molecule has 0 aliphatic rings. The van der Waals surface area contributed by atoms with E-state index in [1.807, 2.05) is 0 Å². The van der Waals surface area contributed by atoms with Gasteiger partial charge in [0, 0.05) is 12.8 Å². The van der Waals surface area contributed by atoms with Gasteiger partial charge < -0.3 is 20.3 Å². The predicted octanol–water partition coefficient (Wildman–Crippen LogP) is 16.5. The Morgan fingerprint density at radius 2 is 0.787 bits per heavy atom. The zero-order valence-electron chi connectivity index (χ0n) is 41.2. The van der Waals surface area contributed by atoms with Crippen molar-refractivity contribution in [2.24, 2.45) is 0 Å². The van der Waals surface area contributed by atoms with E-state index in [1.54, 1.807) is 0 Å². The first-order valence-electron chi connectivity index (χ1n) is 27.4. The monoisotopic (exact) mass is 862 g/mol. The molecular weight excluding hydrogens is 755 g/mol. The standard InChI is InChI=1S/C55H107NO5/c1-3-5-7-9-11-13-15-16-17-18-19-20-21-22-24-28-31-35-39-43-47-53(58)52(51-57)56-54(59)48-44-40-36-32-29-25-23-26-30-34-38-42-46-50-61-55(60)49-45-41-37-33-27-14-12-10-8-6-4-2/h10,12,52-53,57-58H,3-9,11,13-51H2,1-2H3,(H,56,59)/b12-10-. The molecule has 0 saturated heterocycles. The second-order valence-corrected chi connectivity index (χ2v) is 18.9. The summed E-state index contributed by atoms with van der Waals surface area (Å²) >= 11 is 0. The summed E-state index contributed by atoms with van der Waals surface area (Å²) in [5.41, 5.74) is 0. The summed E-state index contributed by atoms with van der Waals surface area (Å²) in [5.74, 6) is -0.0613.